The fraction of sp³-hybridized carbons (Fsp3) is 0.462. The van der Waals surface area contributed by atoms with Crippen molar-refractivity contribution in [2.75, 3.05) is 20.6 Å². The lowest BCUT2D eigenvalue weighted by atomic mass is 10.2. The largest absolute Gasteiger partial charge is 0.308 e. The molecule has 0 aromatic carbocycles. The monoisotopic (exact) mass is 322 g/mol. The first-order chi connectivity index (χ1) is 10.2. The molecule has 0 radical (unpaired) electrons. The molecule has 0 bridgehead atoms. The Morgan fingerprint density at radius 3 is 2.95 bits per heavy atom. The van der Waals surface area contributed by atoms with E-state index in [2.05, 4.69) is 25.4 Å². The number of thioether (sulfide) groups is 1. The summed E-state index contributed by atoms with van der Waals surface area (Å²) >= 11 is 6.71. The number of aromatic nitrogens is 5. The number of hydrogen-bond acceptors (Lipinski definition) is 7. The van der Waals surface area contributed by atoms with Gasteiger partial charge in [-0.3, -0.25) is 4.98 Å². The molecule has 21 heavy (non-hydrogen) atoms. The molecule has 0 fully saturated rings. The van der Waals surface area contributed by atoms with E-state index in [-0.39, 0.29) is 5.25 Å². The lowest BCUT2D eigenvalue weighted by Gasteiger charge is -2.12. The number of rotatable bonds is 8. The first-order valence-electron chi connectivity index (χ1n) is 6.62. The Kier molecular flexibility index (Phi) is 6.21. The van der Waals surface area contributed by atoms with Crippen LogP contribution in [0.2, 0.25) is 0 Å². The van der Waals surface area contributed by atoms with Crippen molar-refractivity contribution >= 4 is 29.3 Å². The maximum Gasteiger partial charge on any atom is 0.209 e. The van der Waals surface area contributed by atoms with Gasteiger partial charge in [-0.05, 0) is 42.0 Å². The standard InChI is InChI=1S/C13H18N6S2/c1-18(2)7-8-19-13(15-16-17-19)21-12(10-20)9-11-5-3-4-6-14-11/h3-6,10,12H,7-9H2,1-2H3. The Morgan fingerprint density at radius 1 is 1.43 bits per heavy atom. The van der Waals surface area contributed by atoms with E-state index in [0.29, 0.717) is 0 Å². The van der Waals surface area contributed by atoms with Gasteiger partial charge in [-0.25, -0.2) is 4.68 Å². The average Bonchev–Trinajstić information content (AvgIpc) is 2.92. The summed E-state index contributed by atoms with van der Waals surface area (Å²) in [6.07, 6.45) is 2.57. The van der Waals surface area contributed by atoms with Crippen LogP contribution >= 0.6 is 24.0 Å². The Balaban J connectivity index is 1.98. The van der Waals surface area contributed by atoms with Gasteiger partial charge in [0.2, 0.25) is 5.16 Å². The van der Waals surface area contributed by atoms with Gasteiger partial charge in [0, 0.05) is 30.1 Å². The number of hydrogen-bond donors (Lipinski definition) is 0. The zero-order valence-corrected chi connectivity index (χ0v) is 13.7. The maximum absolute atomic E-state index is 5.14. The molecule has 2 aromatic rings. The van der Waals surface area contributed by atoms with Crippen LogP contribution in [-0.4, -0.2) is 61.3 Å². The van der Waals surface area contributed by atoms with Gasteiger partial charge in [-0.2, -0.15) is 0 Å². The van der Waals surface area contributed by atoms with Gasteiger partial charge in [-0.1, -0.05) is 30.0 Å². The number of nitrogens with zero attached hydrogens (tertiary/aromatic N) is 6. The summed E-state index contributed by atoms with van der Waals surface area (Å²) in [4.78, 5) is 6.43. The van der Waals surface area contributed by atoms with E-state index in [0.717, 1.165) is 30.4 Å². The third-order valence-corrected chi connectivity index (χ3v) is 4.41. The second-order valence-corrected chi connectivity index (χ2v) is 6.28. The minimum atomic E-state index is 0.124. The summed E-state index contributed by atoms with van der Waals surface area (Å²) < 4.78 is 1.81. The number of thiocarbonyl (C=S) groups is 1. The second-order valence-electron chi connectivity index (χ2n) is 4.81. The molecule has 0 saturated heterocycles. The van der Waals surface area contributed by atoms with Crippen molar-refractivity contribution in [1.82, 2.24) is 30.1 Å². The SMILES string of the molecule is CN(C)CCn1nnnc1SC(C=S)Cc1ccccn1. The smallest absolute Gasteiger partial charge is 0.209 e. The lowest BCUT2D eigenvalue weighted by molar-refractivity contribution is 0.361. The van der Waals surface area contributed by atoms with Crippen LogP contribution < -0.4 is 0 Å². The Bertz CT molecular complexity index is 557. The molecule has 0 spiro atoms. The number of tetrazole rings is 1. The van der Waals surface area contributed by atoms with E-state index in [1.807, 2.05) is 37.0 Å². The summed E-state index contributed by atoms with van der Waals surface area (Å²) in [6, 6.07) is 5.89. The highest BCUT2D eigenvalue weighted by molar-refractivity contribution is 8.01. The zero-order chi connectivity index (χ0) is 15.1. The molecule has 0 saturated carbocycles. The summed E-state index contributed by atoms with van der Waals surface area (Å²) in [5.41, 5.74) is 1.02. The molecular weight excluding hydrogens is 304 g/mol. The Labute approximate surface area is 133 Å². The average molecular weight is 322 g/mol. The molecule has 2 heterocycles. The minimum Gasteiger partial charge on any atom is -0.308 e. The fourth-order valence-corrected chi connectivity index (χ4v) is 2.87. The molecule has 0 N–H and O–H groups in total. The van der Waals surface area contributed by atoms with Crippen molar-refractivity contribution in [3.63, 3.8) is 0 Å². The van der Waals surface area contributed by atoms with Gasteiger partial charge in [0.1, 0.15) is 0 Å². The Hall–Kier alpha value is -1.38. The van der Waals surface area contributed by atoms with Gasteiger partial charge in [0.25, 0.3) is 0 Å². The minimum absolute atomic E-state index is 0.124. The van der Waals surface area contributed by atoms with Crippen LogP contribution in [0.5, 0.6) is 0 Å². The molecule has 0 aliphatic heterocycles. The molecule has 1 atom stereocenters. The first kappa shape index (κ1) is 16.0. The van der Waals surface area contributed by atoms with Gasteiger partial charge < -0.3 is 4.90 Å². The van der Waals surface area contributed by atoms with E-state index >= 15 is 0 Å². The molecule has 2 rings (SSSR count). The first-order valence-corrected chi connectivity index (χ1v) is 7.97. The summed E-state index contributed by atoms with van der Waals surface area (Å²) in [7, 11) is 4.05. The van der Waals surface area contributed by atoms with Gasteiger partial charge >= 0.3 is 0 Å². The zero-order valence-electron chi connectivity index (χ0n) is 12.1. The highest BCUT2D eigenvalue weighted by Crippen LogP contribution is 2.22. The summed E-state index contributed by atoms with van der Waals surface area (Å²) in [6.45, 7) is 1.65. The van der Waals surface area contributed by atoms with Crippen molar-refractivity contribution in [2.45, 2.75) is 23.4 Å². The predicted octanol–water partition coefficient (Wildman–Crippen LogP) is 1.33. The van der Waals surface area contributed by atoms with Crippen LogP contribution in [0, 0.1) is 0 Å². The van der Waals surface area contributed by atoms with E-state index in [1.165, 1.54) is 0 Å². The number of pyridine rings is 1. The molecule has 2 aromatic heterocycles. The molecular formula is C13H18N6S2. The van der Waals surface area contributed by atoms with Crippen LogP contribution in [0.25, 0.3) is 0 Å². The quantitative estimate of drug-likeness (QED) is 0.537. The second kappa shape index (κ2) is 8.16. The van der Waals surface area contributed by atoms with E-state index in [1.54, 1.807) is 23.3 Å². The van der Waals surface area contributed by atoms with E-state index in [9.17, 15) is 0 Å². The highest BCUT2D eigenvalue weighted by atomic mass is 32.2. The predicted molar refractivity (Wildman–Crippen MR) is 87.6 cm³/mol. The van der Waals surface area contributed by atoms with Crippen molar-refractivity contribution in [3.05, 3.63) is 30.1 Å². The van der Waals surface area contributed by atoms with E-state index < -0.39 is 0 Å². The van der Waals surface area contributed by atoms with Crippen molar-refractivity contribution in [3.8, 4) is 0 Å². The van der Waals surface area contributed by atoms with Crippen LogP contribution in [-0.2, 0) is 13.0 Å². The molecule has 112 valence electrons. The van der Waals surface area contributed by atoms with Crippen LogP contribution in [0.15, 0.2) is 29.6 Å². The van der Waals surface area contributed by atoms with Gasteiger partial charge in [0.05, 0.1) is 6.54 Å². The molecule has 6 nitrogen and oxygen atoms in total. The molecule has 0 aliphatic rings. The molecule has 1 unspecified atom stereocenters. The number of likely N-dealkylation sites (N-methyl/N-ethyl adjacent to an activating group) is 1. The Morgan fingerprint density at radius 2 is 2.29 bits per heavy atom. The van der Waals surface area contributed by atoms with Crippen LogP contribution in [0.3, 0.4) is 0 Å². The van der Waals surface area contributed by atoms with Crippen LogP contribution in [0.4, 0.5) is 0 Å². The lowest BCUT2D eigenvalue weighted by Crippen LogP contribution is -2.20. The normalized spacial score (nSPS) is 12.5. The van der Waals surface area contributed by atoms with Crippen molar-refractivity contribution in [1.29, 1.82) is 0 Å². The van der Waals surface area contributed by atoms with Gasteiger partial charge in [0.15, 0.2) is 0 Å². The van der Waals surface area contributed by atoms with Gasteiger partial charge in [-0.15, -0.1) is 5.10 Å². The topological polar surface area (TPSA) is 59.7 Å². The summed E-state index contributed by atoms with van der Waals surface area (Å²) in [5.74, 6) is 0. The third kappa shape index (κ3) is 5.14. The highest BCUT2D eigenvalue weighted by Gasteiger charge is 2.15. The molecule has 0 aliphatic carbocycles. The molecule has 0 amide bonds. The van der Waals surface area contributed by atoms with Crippen molar-refractivity contribution in [2.24, 2.45) is 0 Å². The van der Waals surface area contributed by atoms with Crippen molar-refractivity contribution < 1.29 is 0 Å². The van der Waals surface area contributed by atoms with Crippen LogP contribution in [0.1, 0.15) is 5.69 Å². The maximum atomic E-state index is 5.14. The molecule has 8 heteroatoms. The fourth-order valence-electron chi connectivity index (χ4n) is 1.69. The third-order valence-electron chi connectivity index (χ3n) is 2.80. The summed E-state index contributed by atoms with van der Waals surface area (Å²) in [5, 5.41) is 14.5. The van der Waals surface area contributed by atoms with E-state index in [4.69, 9.17) is 12.2 Å².